The van der Waals surface area contributed by atoms with E-state index in [4.69, 9.17) is 0 Å². The molecule has 7 heteroatoms. The molecule has 0 amide bonds. The summed E-state index contributed by atoms with van der Waals surface area (Å²) in [6.07, 6.45) is 0.560. The average molecular weight is 272 g/mol. The second kappa shape index (κ2) is 4.69. The summed E-state index contributed by atoms with van der Waals surface area (Å²) in [4.78, 5) is 42.4. The van der Waals surface area contributed by atoms with E-state index in [-0.39, 0.29) is 17.7 Å². The summed E-state index contributed by atoms with van der Waals surface area (Å²) in [6, 6.07) is 9.55. The van der Waals surface area contributed by atoms with Gasteiger partial charge in [0.15, 0.2) is 5.52 Å². The lowest BCUT2D eigenvalue weighted by Gasteiger charge is -2.04. The number of aromatic nitrogens is 4. The zero-order valence-electron chi connectivity index (χ0n) is 10.5. The Balaban J connectivity index is 2.01. The number of benzene rings is 1. The lowest BCUT2D eigenvalue weighted by atomic mass is 10.1. The summed E-state index contributed by atoms with van der Waals surface area (Å²) >= 11 is 0. The van der Waals surface area contributed by atoms with Crippen LogP contribution in [-0.2, 0) is 13.0 Å². The first-order chi connectivity index (χ1) is 9.65. The molecule has 102 valence electrons. The molecule has 3 rings (SSSR count). The maximum Gasteiger partial charge on any atom is 0.330 e. The van der Waals surface area contributed by atoms with Gasteiger partial charge >= 0.3 is 11.4 Å². The monoisotopic (exact) mass is 272 g/mol. The van der Waals surface area contributed by atoms with Crippen molar-refractivity contribution in [2.24, 2.45) is 0 Å². The van der Waals surface area contributed by atoms with Crippen molar-refractivity contribution in [3.05, 3.63) is 67.2 Å². The SMILES string of the molecule is O=c1[nH]c2[nH]c(=O)n(CCc3ccccc3)c(=O)c2[nH]1. The van der Waals surface area contributed by atoms with Crippen molar-refractivity contribution in [1.29, 1.82) is 0 Å². The lowest BCUT2D eigenvalue weighted by molar-refractivity contribution is 0.635. The summed E-state index contributed by atoms with van der Waals surface area (Å²) in [5.41, 5.74) is -0.314. The summed E-state index contributed by atoms with van der Waals surface area (Å²) in [5.74, 6) is 0. The molecular formula is C13H12N4O3. The molecular weight excluding hydrogens is 260 g/mol. The molecule has 0 aliphatic heterocycles. The molecule has 0 saturated heterocycles. The van der Waals surface area contributed by atoms with Crippen molar-refractivity contribution >= 4 is 11.2 Å². The van der Waals surface area contributed by atoms with Crippen LogP contribution in [-0.4, -0.2) is 19.5 Å². The minimum Gasteiger partial charge on any atom is -0.300 e. The Morgan fingerprint density at radius 2 is 1.70 bits per heavy atom. The van der Waals surface area contributed by atoms with E-state index in [0.717, 1.165) is 10.1 Å². The van der Waals surface area contributed by atoms with Gasteiger partial charge in [0.1, 0.15) is 5.65 Å². The van der Waals surface area contributed by atoms with Gasteiger partial charge < -0.3 is 0 Å². The van der Waals surface area contributed by atoms with Crippen molar-refractivity contribution in [2.45, 2.75) is 13.0 Å². The maximum atomic E-state index is 12.1. The van der Waals surface area contributed by atoms with Crippen LogP contribution in [0.25, 0.3) is 11.2 Å². The standard InChI is InChI=1S/C13H12N4O3/c18-11-9-10(15-12(19)14-9)16-13(20)17(11)7-6-8-4-2-1-3-5-8/h1-5H,6-7H2,(H,16,20)(H2,14,15,19). The Morgan fingerprint density at radius 3 is 2.45 bits per heavy atom. The molecule has 20 heavy (non-hydrogen) atoms. The molecule has 0 bridgehead atoms. The third-order valence-electron chi connectivity index (χ3n) is 3.13. The number of fused-ring (bicyclic) bond motifs is 1. The average Bonchev–Trinajstić information content (AvgIpc) is 2.80. The van der Waals surface area contributed by atoms with Gasteiger partial charge in [0.05, 0.1) is 0 Å². The number of H-pyrrole nitrogens is 3. The summed E-state index contributed by atoms with van der Waals surface area (Å²) in [6.45, 7) is 0.251. The number of hydrogen-bond donors (Lipinski definition) is 3. The van der Waals surface area contributed by atoms with Gasteiger partial charge in [-0.3, -0.25) is 24.3 Å². The number of rotatable bonds is 3. The van der Waals surface area contributed by atoms with Crippen molar-refractivity contribution in [3.8, 4) is 0 Å². The summed E-state index contributed by atoms with van der Waals surface area (Å²) in [5, 5.41) is 0. The van der Waals surface area contributed by atoms with Crippen LogP contribution >= 0.6 is 0 Å². The molecule has 0 saturated carbocycles. The second-order valence-electron chi connectivity index (χ2n) is 4.45. The summed E-state index contributed by atoms with van der Waals surface area (Å²) in [7, 11) is 0. The quantitative estimate of drug-likeness (QED) is 0.622. The third-order valence-corrected chi connectivity index (χ3v) is 3.13. The Bertz CT molecular complexity index is 914. The molecule has 0 aliphatic rings. The van der Waals surface area contributed by atoms with Crippen molar-refractivity contribution < 1.29 is 0 Å². The molecule has 0 unspecified atom stereocenters. The molecule has 3 aromatic rings. The van der Waals surface area contributed by atoms with Gasteiger partial charge in [0.2, 0.25) is 0 Å². The predicted molar refractivity (Wildman–Crippen MR) is 73.9 cm³/mol. The van der Waals surface area contributed by atoms with Crippen molar-refractivity contribution in [2.75, 3.05) is 0 Å². The molecule has 0 fully saturated rings. The van der Waals surface area contributed by atoms with Crippen molar-refractivity contribution in [3.63, 3.8) is 0 Å². The van der Waals surface area contributed by atoms with E-state index in [9.17, 15) is 14.4 Å². The highest BCUT2D eigenvalue weighted by Gasteiger charge is 2.09. The largest absolute Gasteiger partial charge is 0.330 e. The van der Waals surface area contributed by atoms with E-state index in [2.05, 4.69) is 15.0 Å². The highest BCUT2D eigenvalue weighted by atomic mass is 16.2. The lowest BCUT2D eigenvalue weighted by Crippen LogP contribution is -2.35. The highest BCUT2D eigenvalue weighted by Crippen LogP contribution is 2.00. The van der Waals surface area contributed by atoms with Gasteiger partial charge in [-0.15, -0.1) is 0 Å². The molecule has 0 spiro atoms. The zero-order valence-corrected chi connectivity index (χ0v) is 10.5. The fourth-order valence-electron chi connectivity index (χ4n) is 2.13. The van der Waals surface area contributed by atoms with E-state index < -0.39 is 16.9 Å². The second-order valence-corrected chi connectivity index (χ2v) is 4.45. The van der Waals surface area contributed by atoms with E-state index in [1.165, 1.54) is 0 Å². The third kappa shape index (κ3) is 2.09. The Morgan fingerprint density at radius 1 is 0.950 bits per heavy atom. The van der Waals surface area contributed by atoms with Crippen LogP contribution in [0.3, 0.4) is 0 Å². The zero-order chi connectivity index (χ0) is 14.1. The Hall–Kier alpha value is -2.83. The van der Waals surface area contributed by atoms with Crippen LogP contribution in [0.1, 0.15) is 5.56 Å². The van der Waals surface area contributed by atoms with Gasteiger partial charge in [-0.2, -0.15) is 0 Å². The number of nitrogens with one attached hydrogen (secondary N) is 3. The van der Waals surface area contributed by atoms with Crippen LogP contribution < -0.4 is 16.9 Å². The van der Waals surface area contributed by atoms with Crippen LogP contribution in [0.2, 0.25) is 0 Å². The van der Waals surface area contributed by atoms with E-state index in [1.807, 2.05) is 30.3 Å². The fraction of sp³-hybridized carbons (Fsp3) is 0.154. The Labute approximate surface area is 111 Å². The minimum atomic E-state index is -0.534. The first-order valence-electron chi connectivity index (χ1n) is 6.14. The van der Waals surface area contributed by atoms with Gasteiger partial charge in [-0.1, -0.05) is 30.3 Å². The summed E-state index contributed by atoms with van der Waals surface area (Å²) < 4.78 is 1.08. The molecule has 2 heterocycles. The smallest absolute Gasteiger partial charge is 0.300 e. The molecule has 2 aromatic heterocycles. The predicted octanol–water partition coefficient (Wildman–Crippen LogP) is -0.0511. The number of hydrogen-bond acceptors (Lipinski definition) is 3. The fourth-order valence-corrected chi connectivity index (χ4v) is 2.13. The maximum absolute atomic E-state index is 12.1. The van der Waals surface area contributed by atoms with Gasteiger partial charge in [-0.05, 0) is 12.0 Å². The molecule has 1 aromatic carbocycles. The number of aryl methyl sites for hydroxylation is 1. The van der Waals surface area contributed by atoms with Crippen LogP contribution in [0.5, 0.6) is 0 Å². The van der Waals surface area contributed by atoms with Gasteiger partial charge in [0.25, 0.3) is 5.56 Å². The van der Waals surface area contributed by atoms with E-state index >= 15 is 0 Å². The molecule has 3 N–H and O–H groups in total. The minimum absolute atomic E-state index is 0.0858. The van der Waals surface area contributed by atoms with Gasteiger partial charge in [0, 0.05) is 6.54 Å². The van der Waals surface area contributed by atoms with Crippen LogP contribution in [0.4, 0.5) is 0 Å². The van der Waals surface area contributed by atoms with E-state index in [0.29, 0.717) is 6.42 Å². The topological polar surface area (TPSA) is 104 Å². The number of imidazole rings is 1. The van der Waals surface area contributed by atoms with Crippen LogP contribution in [0, 0.1) is 0 Å². The van der Waals surface area contributed by atoms with Crippen molar-refractivity contribution in [1.82, 2.24) is 19.5 Å². The normalized spacial score (nSPS) is 11.0. The molecule has 0 aliphatic carbocycles. The number of nitrogens with zero attached hydrogens (tertiary/aromatic N) is 1. The first kappa shape index (κ1) is 12.2. The number of aromatic amines is 3. The molecule has 0 radical (unpaired) electrons. The van der Waals surface area contributed by atoms with Gasteiger partial charge in [-0.25, -0.2) is 9.59 Å². The van der Waals surface area contributed by atoms with E-state index in [1.54, 1.807) is 0 Å². The first-order valence-corrected chi connectivity index (χ1v) is 6.14. The van der Waals surface area contributed by atoms with Crippen LogP contribution in [0.15, 0.2) is 44.7 Å². The Kier molecular flexibility index (Phi) is 2.86. The highest BCUT2D eigenvalue weighted by molar-refractivity contribution is 5.67. The molecule has 7 nitrogen and oxygen atoms in total. The molecule has 0 atom stereocenters.